The van der Waals surface area contributed by atoms with Crippen LogP contribution in [-0.2, 0) is 14.2 Å². The standard InChI is InChI=1S/C12H15Cl2NO4/c1-17-7-18-6-5-10(19-12(15)16)11-8(13)3-2-4-9(11)14/h2-4,10H,5-7H2,1H3,(H2,15,16). The molecule has 0 aliphatic heterocycles. The Morgan fingerprint density at radius 2 is 2.00 bits per heavy atom. The Morgan fingerprint density at radius 3 is 2.53 bits per heavy atom. The molecule has 0 saturated heterocycles. The van der Waals surface area contributed by atoms with Crippen molar-refractivity contribution in [3.63, 3.8) is 0 Å². The zero-order chi connectivity index (χ0) is 14.3. The highest BCUT2D eigenvalue weighted by Crippen LogP contribution is 2.34. The maximum Gasteiger partial charge on any atom is 0.405 e. The molecule has 106 valence electrons. The largest absolute Gasteiger partial charge is 0.441 e. The first-order valence-corrected chi connectivity index (χ1v) is 6.28. The van der Waals surface area contributed by atoms with Crippen LogP contribution in [0.15, 0.2) is 18.2 Å². The van der Waals surface area contributed by atoms with Gasteiger partial charge in [0.25, 0.3) is 0 Å². The van der Waals surface area contributed by atoms with Gasteiger partial charge in [0.1, 0.15) is 12.9 Å². The van der Waals surface area contributed by atoms with Crippen LogP contribution >= 0.6 is 23.2 Å². The lowest BCUT2D eigenvalue weighted by atomic mass is 10.1. The van der Waals surface area contributed by atoms with Crippen LogP contribution in [0.3, 0.4) is 0 Å². The van der Waals surface area contributed by atoms with Gasteiger partial charge in [0, 0.05) is 29.1 Å². The molecule has 5 nitrogen and oxygen atoms in total. The molecule has 0 heterocycles. The molecule has 1 aromatic rings. The normalized spacial score (nSPS) is 12.2. The van der Waals surface area contributed by atoms with E-state index in [1.807, 2.05) is 0 Å². The first kappa shape index (κ1) is 16.0. The van der Waals surface area contributed by atoms with Gasteiger partial charge in [-0.25, -0.2) is 4.79 Å². The quantitative estimate of drug-likeness (QED) is 0.620. The minimum atomic E-state index is -0.896. The predicted octanol–water partition coefficient (Wildman–Crippen LogP) is 3.14. The van der Waals surface area contributed by atoms with Gasteiger partial charge in [0.15, 0.2) is 0 Å². The number of carbonyl (C=O) groups excluding carboxylic acids is 1. The average molecular weight is 308 g/mol. The number of carbonyl (C=O) groups is 1. The maximum absolute atomic E-state index is 10.9. The van der Waals surface area contributed by atoms with Crippen molar-refractivity contribution in [1.29, 1.82) is 0 Å². The summed E-state index contributed by atoms with van der Waals surface area (Å²) in [4.78, 5) is 10.9. The van der Waals surface area contributed by atoms with E-state index in [1.165, 1.54) is 7.11 Å². The summed E-state index contributed by atoms with van der Waals surface area (Å²) < 4.78 is 14.9. The Balaban J connectivity index is 2.80. The van der Waals surface area contributed by atoms with Crippen molar-refractivity contribution in [2.45, 2.75) is 12.5 Å². The molecule has 0 aliphatic carbocycles. The molecular formula is C12H15Cl2NO4. The highest BCUT2D eigenvalue weighted by molar-refractivity contribution is 6.36. The molecule has 1 atom stereocenters. The van der Waals surface area contributed by atoms with E-state index < -0.39 is 12.2 Å². The third-order valence-electron chi connectivity index (χ3n) is 2.31. The zero-order valence-corrected chi connectivity index (χ0v) is 11.9. The second-order valence-corrected chi connectivity index (χ2v) is 4.48. The molecule has 0 fully saturated rings. The SMILES string of the molecule is COCOCCC(OC(N)=O)c1c(Cl)cccc1Cl. The lowest BCUT2D eigenvalue weighted by Gasteiger charge is -2.19. The summed E-state index contributed by atoms with van der Waals surface area (Å²) in [6.07, 6.45) is -1.18. The van der Waals surface area contributed by atoms with Gasteiger partial charge in [-0.15, -0.1) is 0 Å². The lowest BCUT2D eigenvalue weighted by Crippen LogP contribution is -2.19. The van der Waals surface area contributed by atoms with Crippen molar-refractivity contribution in [2.24, 2.45) is 5.73 Å². The van der Waals surface area contributed by atoms with Crippen LogP contribution in [0.25, 0.3) is 0 Å². The molecule has 1 amide bonds. The first-order valence-electron chi connectivity index (χ1n) is 5.53. The highest BCUT2D eigenvalue weighted by Gasteiger charge is 2.21. The third-order valence-corrected chi connectivity index (χ3v) is 2.96. The maximum atomic E-state index is 10.9. The fraction of sp³-hybridized carbons (Fsp3) is 0.417. The highest BCUT2D eigenvalue weighted by atomic mass is 35.5. The number of ether oxygens (including phenoxy) is 3. The topological polar surface area (TPSA) is 70.8 Å². The number of amides is 1. The number of benzene rings is 1. The number of hydrogen-bond donors (Lipinski definition) is 1. The van der Waals surface area contributed by atoms with E-state index in [1.54, 1.807) is 18.2 Å². The van der Waals surface area contributed by atoms with Gasteiger partial charge in [-0.3, -0.25) is 0 Å². The molecule has 0 bridgehead atoms. The molecule has 19 heavy (non-hydrogen) atoms. The summed E-state index contributed by atoms with van der Waals surface area (Å²) in [6, 6.07) is 5.03. The molecule has 1 rings (SSSR count). The Bertz CT molecular complexity index is 408. The lowest BCUT2D eigenvalue weighted by molar-refractivity contribution is -0.0407. The number of halogens is 2. The van der Waals surface area contributed by atoms with Gasteiger partial charge < -0.3 is 19.9 Å². The van der Waals surface area contributed by atoms with Crippen molar-refractivity contribution in [3.8, 4) is 0 Å². The molecule has 1 aromatic carbocycles. The number of rotatable bonds is 7. The Hall–Kier alpha value is -1.01. The molecule has 0 aromatic heterocycles. The summed E-state index contributed by atoms with van der Waals surface area (Å²) >= 11 is 12.1. The van der Waals surface area contributed by atoms with Crippen LogP contribution in [0.1, 0.15) is 18.1 Å². The summed E-state index contributed by atoms with van der Waals surface area (Å²) in [5.74, 6) is 0. The Morgan fingerprint density at radius 1 is 1.37 bits per heavy atom. The van der Waals surface area contributed by atoms with E-state index in [-0.39, 0.29) is 6.79 Å². The van der Waals surface area contributed by atoms with E-state index in [0.29, 0.717) is 28.6 Å². The Labute approximate surface area is 121 Å². The molecule has 1 unspecified atom stereocenters. The van der Waals surface area contributed by atoms with Gasteiger partial charge in [-0.1, -0.05) is 29.3 Å². The number of methoxy groups -OCH3 is 1. The summed E-state index contributed by atoms with van der Waals surface area (Å²) in [5, 5.41) is 0.816. The van der Waals surface area contributed by atoms with E-state index in [9.17, 15) is 4.79 Å². The average Bonchev–Trinajstić information content (AvgIpc) is 2.33. The molecule has 7 heteroatoms. The van der Waals surface area contributed by atoms with Crippen molar-refractivity contribution >= 4 is 29.3 Å². The van der Waals surface area contributed by atoms with Crippen LogP contribution < -0.4 is 5.73 Å². The van der Waals surface area contributed by atoms with Crippen LogP contribution in [0.2, 0.25) is 10.0 Å². The number of hydrogen-bond acceptors (Lipinski definition) is 4. The molecule has 0 aliphatic rings. The number of primary amides is 1. The second kappa shape index (κ2) is 8.22. The van der Waals surface area contributed by atoms with Gasteiger partial charge in [0.05, 0.1) is 6.61 Å². The Kier molecular flexibility index (Phi) is 6.94. The van der Waals surface area contributed by atoms with Crippen molar-refractivity contribution < 1.29 is 19.0 Å². The predicted molar refractivity (Wildman–Crippen MR) is 72.3 cm³/mol. The monoisotopic (exact) mass is 307 g/mol. The van der Waals surface area contributed by atoms with Crippen molar-refractivity contribution in [3.05, 3.63) is 33.8 Å². The van der Waals surface area contributed by atoms with Crippen LogP contribution in [-0.4, -0.2) is 26.6 Å². The van der Waals surface area contributed by atoms with E-state index in [4.69, 9.17) is 43.1 Å². The molecular weight excluding hydrogens is 293 g/mol. The first-order chi connectivity index (χ1) is 9.06. The fourth-order valence-corrected chi connectivity index (χ4v) is 2.19. The van der Waals surface area contributed by atoms with Crippen LogP contribution in [0, 0.1) is 0 Å². The van der Waals surface area contributed by atoms with Gasteiger partial charge in [0.2, 0.25) is 0 Å². The van der Waals surface area contributed by atoms with Gasteiger partial charge >= 0.3 is 6.09 Å². The minimum absolute atomic E-state index is 0.152. The molecule has 0 spiro atoms. The zero-order valence-electron chi connectivity index (χ0n) is 10.4. The third kappa shape index (κ3) is 5.24. The van der Waals surface area contributed by atoms with Crippen molar-refractivity contribution in [1.82, 2.24) is 0 Å². The van der Waals surface area contributed by atoms with Gasteiger partial charge in [-0.05, 0) is 12.1 Å². The fourth-order valence-electron chi connectivity index (χ4n) is 1.55. The van der Waals surface area contributed by atoms with Crippen LogP contribution in [0.5, 0.6) is 0 Å². The van der Waals surface area contributed by atoms with E-state index >= 15 is 0 Å². The minimum Gasteiger partial charge on any atom is -0.441 e. The smallest absolute Gasteiger partial charge is 0.405 e. The summed E-state index contributed by atoms with van der Waals surface area (Å²) in [6.45, 7) is 0.465. The number of nitrogens with two attached hydrogens (primary N) is 1. The molecule has 0 saturated carbocycles. The summed E-state index contributed by atoms with van der Waals surface area (Å²) in [5.41, 5.74) is 5.57. The summed E-state index contributed by atoms with van der Waals surface area (Å²) in [7, 11) is 1.52. The van der Waals surface area contributed by atoms with E-state index in [0.717, 1.165) is 0 Å². The van der Waals surface area contributed by atoms with E-state index in [2.05, 4.69) is 0 Å². The van der Waals surface area contributed by atoms with Crippen molar-refractivity contribution in [2.75, 3.05) is 20.5 Å². The second-order valence-electron chi connectivity index (χ2n) is 3.66. The molecule has 2 N–H and O–H groups in total. The van der Waals surface area contributed by atoms with Gasteiger partial charge in [-0.2, -0.15) is 0 Å². The molecule has 0 radical (unpaired) electrons. The van der Waals surface area contributed by atoms with Crippen LogP contribution in [0.4, 0.5) is 4.79 Å².